The SMILES string of the molecule is Fc1c(F)c(F)c([Si](CCCCl)(c2c(F)c(F)c(F)c(F)c2F)c2c(F)c(F)c(F)c(F)c2F)c(F)c1F. The summed E-state index contributed by atoms with van der Waals surface area (Å²) in [5.41, 5.74) is 0. The van der Waals surface area contributed by atoms with E-state index in [2.05, 4.69) is 0 Å². The van der Waals surface area contributed by atoms with Gasteiger partial charge in [0.1, 0.15) is 0 Å². The normalized spacial score (nSPS) is 12.0. The molecule has 0 N–H and O–H groups in total. The van der Waals surface area contributed by atoms with Crippen LogP contribution in [0.2, 0.25) is 6.04 Å². The molecule has 17 heteroatoms. The Balaban J connectivity index is 2.86. The van der Waals surface area contributed by atoms with Crippen LogP contribution in [-0.4, -0.2) is 14.0 Å². The lowest BCUT2D eigenvalue weighted by Gasteiger charge is -2.35. The van der Waals surface area contributed by atoms with E-state index >= 15 is 26.3 Å². The van der Waals surface area contributed by atoms with Gasteiger partial charge in [0, 0.05) is 21.4 Å². The molecular formula is C21H6ClF15Si. The van der Waals surface area contributed by atoms with Crippen molar-refractivity contribution in [3.63, 3.8) is 0 Å². The Labute approximate surface area is 207 Å². The van der Waals surface area contributed by atoms with Gasteiger partial charge in [-0.05, 0) is 12.5 Å². The zero-order valence-electron chi connectivity index (χ0n) is 17.7. The highest BCUT2D eigenvalue weighted by Crippen LogP contribution is 2.30. The largest absolute Gasteiger partial charge is 0.204 e. The van der Waals surface area contributed by atoms with Crippen LogP contribution in [0.5, 0.6) is 0 Å². The lowest BCUT2D eigenvalue weighted by atomic mass is 10.3. The standard InChI is InChI=1S/C21H6ClF15Si/c22-2-1-3-38(19-13(32)7(26)4(23)8(27)14(19)33,20-15(34)9(28)5(24)10(29)16(20)35)21-17(36)11(30)6(25)12(31)18(21)37/h1-3H2. The third-order valence-corrected chi connectivity index (χ3v) is 10.8. The molecule has 0 aliphatic rings. The molecule has 3 aromatic carbocycles. The van der Waals surface area contributed by atoms with Crippen molar-refractivity contribution in [2.24, 2.45) is 0 Å². The second-order valence-corrected chi connectivity index (χ2v) is 11.7. The minimum absolute atomic E-state index is 0.824. The number of halogens is 16. The number of hydrogen-bond donors (Lipinski definition) is 0. The summed E-state index contributed by atoms with van der Waals surface area (Å²) in [6.07, 6.45) is -0.994. The van der Waals surface area contributed by atoms with Crippen molar-refractivity contribution >= 4 is 35.2 Å². The minimum Gasteiger partial charge on any atom is -0.204 e. The Hall–Kier alpha value is -2.88. The molecule has 0 fully saturated rings. The van der Waals surface area contributed by atoms with Gasteiger partial charge in [-0.2, -0.15) is 0 Å². The summed E-state index contributed by atoms with van der Waals surface area (Å²) in [5.74, 6) is -45.7. The van der Waals surface area contributed by atoms with E-state index in [0.717, 1.165) is 0 Å². The molecule has 0 bridgehead atoms. The Morgan fingerprint density at radius 3 is 0.711 bits per heavy atom. The van der Waals surface area contributed by atoms with Gasteiger partial charge < -0.3 is 0 Å². The summed E-state index contributed by atoms with van der Waals surface area (Å²) in [5, 5.41) is -7.65. The van der Waals surface area contributed by atoms with Crippen LogP contribution in [0.1, 0.15) is 6.42 Å². The molecule has 0 radical (unpaired) electrons. The van der Waals surface area contributed by atoms with Crippen molar-refractivity contribution in [2.75, 3.05) is 5.88 Å². The third kappa shape index (κ3) is 4.03. The first-order valence-corrected chi connectivity index (χ1v) is 12.4. The molecule has 0 nitrogen and oxygen atoms in total. The zero-order valence-corrected chi connectivity index (χ0v) is 19.4. The molecule has 0 aliphatic carbocycles. The van der Waals surface area contributed by atoms with Crippen LogP contribution in [0.4, 0.5) is 65.9 Å². The average Bonchev–Trinajstić information content (AvgIpc) is 2.89. The first kappa shape index (κ1) is 29.7. The van der Waals surface area contributed by atoms with Gasteiger partial charge in [0.05, 0.1) is 0 Å². The van der Waals surface area contributed by atoms with Gasteiger partial charge in [-0.1, -0.05) is 0 Å². The van der Waals surface area contributed by atoms with E-state index in [1.165, 1.54) is 0 Å². The van der Waals surface area contributed by atoms with E-state index in [1.807, 2.05) is 0 Å². The van der Waals surface area contributed by atoms with Gasteiger partial charge in [-0.25, -0.2) is 65.9 Å². The second-order valence-electron chi connectivity index (χ2n) is 7.53. The molecule has 3 aromatic rings. The maximum atomic E-state index is 15.1. The summed E-state index contributed by atoms with van der Waals surface area (Å²) in [6, 6.07) is -1.68. The maximum Gasteiger partial charge on any atom is 0.200 e. The van der Waals surface area contributed by atoms with Gasteiger partial charge in [-0.15, -0.1) is 11.6 Å². The Morgan fingerprint density at radius 1 is 0.342 bits per heavy atom. The molecule has 206 valence electrons. The van der Waals surface area contributed by atoms with Crippen molar-refractivity contribution < 1.29 is 65.9 Å². The molecule has 0 saturated carbocycles. The van der Waals surface area contributed by atoms with E-state index in [0.29, 0.717) is 0 Å². The minimum atomic E-state index is -6.74. The molecule has 0 unspecified atom stereocenters. The molecule has 38 heavy (non-hydrogen) atoms. The van der Waals surface area contributed by atoms with Crippen molar-refractivity contribution in [3.8, 4) is 0 Å². The van der Waals surface area contributed by atoms with Crippen LogP contribution in [0, 0.1) is 87.3 Å². The lowest BCUT2D eigenvalue weighted by molar-refractivity contribution is 0.379. The third-order valence-electron chi connectivity index (χ3n) is 5.60. The lowest BCUT2D eigenvalue weighted by Crippen LogP contribution is -2.73. The van der Waals surface area contributed by atoms with Crippen LogP contribution in [0.3, 0.4) is 0 Å². The van der Waals surface area contributed by atoms with Gasteiger partial charge >= 0.3 is 0 Å². The van der Waals surface area contributed by atoms with E-state index in [-0.39, 0.29) is 0 Å². The quantitative estimate of drug-likeness (QED) is 0.0823. The fourth-order valence-electron chi connectivity index (χ4n) is 4.02. The van der Waals surface area contributed by atoms with Crippen molar-refractivity contribution in [1.29, 1.82) is 0 Å². The number of alkyl halides is 1. The first-order valence-electron chi connectivity index (χ1n) is 9.71. The molecule has 0 aliphatic heterocycles. The predicted molar refractivity (Wildman–Crippen MR) is 103 cm³/mol. The van der Waals surface area contributed by atoms with Crippen LogP contribution in [0.25, 0.3) is 0 Å². The van der Waals surface area contributed by atoms with Crippen LogP contribution >= 0.6 is 11.6 Å². The number of rotatable bonds is 6. The molecule has 0 aromatic heterocycles. The fourth-order valence-corrected chi connectivity index (χ4v) is 9.49. The van der Waals surface area contributed by atoms with Crippen LogP contribution < -0.4 is 15.6 Å². The predicted octanol–water partition coefficient (Wildman–Crippen LogP) is 5.87. The van der Waals surface area contributed by atoms with Crippen molar-refractivity contribution in [2.45, 2.75) is 12.5 Å². The highest BCUT2D eigenvalue weighted by Gasteiger charge is 2.55. The summed E-state index contributed by atoms with van der Waals surface area (Å²) in [6.45, 7) is 0. The first-order chi connectivity index (χ1) is 17.6. The molecule has 0 spiro atoms. The topological polar surface area (TPSA) is 0 Å². The van der Waals surface area contributed by atoms with E-state index < -0.39 is 129 Å². The van der Waals surface area contributed by atoms with E-state index in [9.17, 15) is 39.5 Å². The van der Waals surface area contributed by atoms with Crippen LogP contribution in [-0.2, 0) is 0 Å². The fraction of sp³-hybridized carbons (Fsp3) is 0.143. The summed E-state index contributed by atoms with van der Waals surface area (Å²) in [4.78, 5) is 0. The van der Waals surface area contributed by atoms with Gasteiger partial charge in [0.25, 0.3) is 0 Å². The van der Waals surface area contributed by atoms with Gasteiger partial charge in [0.15, 0.2) is 77.9 Å². The van der Waals surface area contributed by atoms with E-state index in [1.54, 1.807) is 0 Å². The number of benzene rings is 3. The monoisotopic (exact) mass is 606 g/mol. The number of hydrogen-bond acceptors (Lipinski definition) is 0. The zero-order chi connectivity index (χ0) is 29.0. The van der Waals surface area contributed by atoms with Gasteiger partial charge in [0.2, 0.25) is 17.5 Å². The molecule has 0 saturated heterocycles. The van der Waals surface area contributed by atoms with Crippen molar-refractivity contribution in [1.82, 2.24) is 0 Å². The van der Waals surface area contributed by atoms with Crippen LogP contribution in [0.15, 0.2) is 0 Å². The van der Waals surface area contributed by atoms with Crippen molar-refractivity contribution in [3.05, 3.63) is 87.3 Å². The molecular weight excluding hydrogens is 601 g/mol. The average molecular weight is 607 g/mol. The smallest absolute Gasteiger partial charge is 0.200 e. The summed E-state index contributed by atoms with van der Waals surface area (Å²) < 4.78 is 217. The molecule has 0 heterocycles. The molecule has 0 atom stereocenters. The maximum absolute atomic E-state index is 15.1. The molecule has 3 rings (SSSR count). The Bertz CT molecular complexity index is 1220. The van der Waals surface area contributed by atoms with Gasteiger partial charge in [-0.3, -0.25) is 0 Å². The summed E-state index contributed by atoms with van der Waals surface area (Å²) >= 11 is 5.41. The molecule has 0 amide bonds. The van der Waals surface area contributed by atoms with E-state index in [4.69, 9.17) is 11.6 Å². The summed E-state index contributed by atoms with van der Waals surface area (Å²) in [7, 11) is -6.74. The Kier molecular flexibility index (Phi) is 8.08. The Morgan fingerprint density at radius 2 is 0.526 bits per heavy atom. The second kappa shape index (κ2) is 10.4. The highest BCUT2D eigenvalue weighted by atomic mass is 35.5. The highest BCUT2D eigenvalue weighted by molar-refractivity contribution is 7.11.